The lowest BCUT2D eigenvalue weighted by atomic mass is 9.96. The number of piperidine rings is 1. The molecule has 3 rings (SSSR count). The van der Waals surface area contributed by atoms with Crippen molar-refractivity contribution in [3.05, 3.63) is 46.5 Å². The molecule has 43 heavy (non-hydrogen) atoms. The number of aromatic carboxylic acids is 2. The lowest BCUT2D eigenvalue weighted by Crippen LogP contribution is -2.43. The van der Waals surface area contributed by atoms with E-state index in [1.165, 1.54) is 65.1 Å². The van der Waals surface area contributed by atoms with Gasteiger partial charge in [0.05, 0.1) is 47.4 Å². The Balaban J connectivity index is 1.51. The van der Waals surface area contributed by atoms with Gasteiger partial charge >= 0.3 is 11.9 Å². The summed E-state index contributed by atoms with van der Waals surface area (Å²) in [6, 6.07) is 6.05. The molecule has 15 heteroatoms. The maximum absolute atomic E-state index is 12.6. The SMILES string of the molecule is COc1ccc(C=NNC(=O)CN2CCC(C(=O)NN=Cc3ccc(OC)c(OC)c3C(=O)O)CC2)c(C(=O)O)c1OC. The van der Waals surface area contributed by atoms with Gasteiger partial charge in [-0.1, -0.05) is 0 Å². The first-order chi connectivity index (χ1) is 20.6. The van der Waals surface area contributed by atoms with Gasteiger partial charge in [0, 0.05) is 17.0 Å². The minimum absolute atomic E-state index is 0.0266. The highest BCUT2D eigenvalue weighted by atomic mass is 16.5. The third-order valence-electron chi connectivity index (χ3n) is 6.68. The maximum Gasteiger partial charge on any atom is 0.340 e. The highest BCUT2D eigenvalue weighted by Crippen LogP contribution is 2.34. The van der Waals surface area contributed by atoms with Gasteiger partial charge < -0.3 is 29.2 Å². The fourth-order valence-electron chi connectivity index (χ4n) is 4.56. The number of hydrogen-bond acceptors (Lipinski definition) is 11. The van der Waals surface area contributed by atoms with Crippen LogP contribution in [0.2, 0.25) is 0 Å². The molecule has 1 saturated heterocycles. The van der Waals surface area contributed by atoms with Crippen LogP contribution in [0, 0.1) is 5.92 Å². The zero-order chi connectivity index (χ0) is 31.5. The minimum atomic E-state index is -1.24. The first-order valence-corrected chi connectivity index (χ1v) is 13.0. The van der Waals surface area contributed by atoms with Gasteiger partial charge in [-0.25, -0.2) is 20.4 Å². The van der Waals surface area contributed by atoms with E-state index < -0.39 is 17.8 Å². The monoisotopic (exact) mass is 599 g/mol. The summed E-state index contributed by atoms with van der Waals surface area (Å²) in [6.45, 7) is 0.964. The number of carboxylic acids is 2. The van der Waals surface area contributed by atoms with Crippen molar-refractivity contribution >= 4 is 36.2 Å². The van der Waals surface area contributed by atoms with E-state index in [9.17, 15) is 29.4 Å². The third kappa shape index (κ3) is 7.97. The molecule has 1 heterocycles. The molecule has 0 saturated carbocycles. The van der Waals surface area contributed by atoms with Crippen LogP contribution in [-0.2, 0) is 9.59 Å². The van der Waals surface area contributed by atoms with Crippen LogP contribution in [0.15, 0.2) is 34.5 Å². The Morgan fingerprint density at radius 1 is 0.791 bits per heavy atom. The van der Waals surface area contributed by atoms with Gasteiger partial charge in [0.15, 0.2) is 23.0 Å². The number of carboxylic acid groups (broad SMARTS) is 2. The van der Waals surface area contributed by atoms with Gasteiger partial charge in [-0.05, 0) is 50.2 Å². The maximum atomic E-state index is 12.6. The molecule has 4 N–H and O–H groups in total. The molecule has 0 atom stereocenters. The van der Waals surface area contributed by atoms with E-state index in [2.05, 4.69) is 21.1 Å². The predicted octanol–water partition coefficient (Wildman–Crippen LogP) is 1.43. The molecule has 230 valence electrons. The van der Waals surface area contributed by atoms with Crippen molar-refractivity contribution in [1.82, 2.24) is 15.8 Å². The number of carbonyl (C=O) groups is 4. The van der Waals surface area contributed by atoms with Crippen LogP contribution in [0.3, 0.4) is 0 Å². The highest BCUT2D eigenvalue weighted by Gasteiger charge is 2.26. The number of methoxy groups -OCH3 is 4. The zero-order valence-corrected chi connectivity index (χ0v) is 24.1. The summed E-state index contributed by atoms with van der Waals surface area (Å²) in [6.07, 6.45) is 3.39. The summed E-state index contributed by atoms with van der Waals surface area (Å²) in [5.74, 6) is -3.00. The standard InChI is InChI=1S/C28H33N5O10/c1-40-19-7-5-17(22(27(36)37)24(19)42-3)13-29-31-21(34)15-33-11-9-16(10-12-33)26(35)32-30-14-18-6-8-20(41-2)25(43-4)23(18)28(38)39/h5-8,13-14,16H,9-12,15H2,1-4H3,(H,31,34)(H,32,35)(H,36,37)(H,38,39). The van der Waals surface area contributed by atoms with Crippen LogP contribution in [0.1, 0.15) is 44.7 Å². The Bertz CT molecular complexity index is 1420. The van der Waals surface area contributed by atoms with E-state index in [1.807, 2.05) is 4.90 Å². The fourth-order valence-corrected chi connectivity index (χ4v) is 4.56. The molecule has 0 aliphatic carbocycles. The number of amides is 2. The lowest BCUT2D eigenvalue weighted by molar-refractivity contribution is -0.126. The molecule has 1 aliphatic heterocycles. The summed E-state index contributed by atoms with van der Waals surface area (Å²) >= 11 is 0. The molecule has 0 spiro atoms. The van der Waals surface area contributed by atoms with Crippen molar-refractivity contribution in [2.45, 2.75) is 12.8 Å². The zero-order valence-electron chi connectivity index (χ0n) is 24.1. The normalized spacial score (nSPS) is 14.0. The molecule has 1 fully saturated rings. The molecule has 0 aromatic heterocycles. The first kappa shape index (κ1) is 32.3. The summed E-state index contributed by atoms with van der Waals surface area (Å²) < 4.78 is 20.6. The van der Waals surface area contributed by atoms with Gasteiger partial charge in [-0.3, -0.25) is 14.5 Å². The van der Waals surface area contributed by atoms with Gasteiger partial charge in [-0.15, -0.1) is 0 Å². The van der Waals surface area contributed by atoms with E-state index in [0.717, 1.165) is 0 Å². The quantitative estimate of drug-likeness (QED) is 0.192. The number of nitrogens with one attached hydrogen (secondary N) is 2. The van der Waals surface area contributed by atoms with Crippen molar-refractivity contribution in [3.63, 3.8) is 0 Å². The van der Waals surface area contributed by atoms with E-state index in [0.29, 0.717) is 25.9 Å². The lowest BCUT2D eigenvalue weighted by Gasteiger charge is -2.30. The Morgan fingerprint density at radius 3 is 1.67 bits per heavy atom. The number of ether oxygens (including phenoxy) is 4. The Morgan fingerprint density at radius 2 is 1.26 bits per heavy atom. The molecule has 2 aromatic rings. The minimum Gasteiger partial charge on any atom is -0.493 e. The average Bonchev–Trinajstić information content (AvgIpc) is 3.00. The van der Waals surface area contributed by atoms with Crippen LogP contribution < -0.4 is 29.8 Å². The Hall–Kier alpha value is -5.18. The molecule has 15 nitrogen and oxygen atoms in total. The summed E-state index contributed by atoms with van der Waals surface area (Å²) in [7, 11) is 5.43. The summed E-state index contributed by atoms with van der Waals surface area (Å²) in [4.78, 5) is 50.4. The van der Waals surface area contributed by atoms with Gasteiger partial charge in [0.25, 0.3) is 5.91 Å². The van der Waals surface area contributed by atoms with Gasteiger partial charge in [0.1, 0.15) is 11.1 Å². The van der Waals surface area contributed by atoms with Crippen molar-refractivity contribution in [3.8, 4) is 23.0 Å². The van der Waals surface area contributed by atoms with Crippen LogP contribution in [0.4, 0.5) is 0 Å². The van der Waals surface area contributed by atoms with Crippen molar-refractivity contribution in [2.75, 3.05) is 48.1 Å². The van der Waals surface area contributed by atoms with Gasteiger partial charge in [0.2, 0.25) is 5.91 Å². The van der Waals surface area contributed by atoms with E-state index in [4.69, 9.17) is 18.9 Å². The molecular weight excluding hydrogens is 566 g/mol. The summed E-state index contributed by atoms with van der Waals surface area (Å²) in [5, 5.41) is 27.0. The number of hydrogen-bond donors (Lipinski definition) is 4. The third-order valence-corrected chi connectivity index (χ3v) is 6.68. The smallest absolute Gasteiger partial charge is 0.340 e. The van der Waals surface area contributed by atoms with E-state index in [1.54, 1.807) is 0 Å². The highest BCUT2D eigenvalue weighted by molar-refractivity contribution is 6.03. The van der Waals surface area contributed by atoms with Crippen LogP contribution >= 0.6 is 0 Å². The number of benzene rings is 2. The van der Waals surface area contributed by atoms with Crippen LogP contribution in [0.5, 0.6) is 23.0 Å². The molecule has 0 unspecified atom stereocenters. The number of rotatable bonds is 13. The van der Waals surface area contributed by atoms with Crippen molar-refractivity contribution in [2.24, 2.45) is 16.1 Å². The first-order valence-electron chi connectivity index (χ1n) is 13.0. The van der Waals surface area contributed by atoms with Gasteiger partial charge in [-0.2, -0.15) is 10.2 Å². The summed E-state index contributed by atoms with van der Waals surface area (Å²) in [5.41, 5.74) is 4.96. The largest absolute Gasteiger partial charge is 0.493 e. The Kier molecular flexibility index (Phi) is 11.4. The molecule has 0 radical (unpaired) electrons. The average molecular weight is 600 g/mol. The van der Waals surface area contributed by atoms with Crippen LogP contribution in [-0.4, -0.2) is 99.4 Å². The number of hydrazone groups is 2. The molecule has 2 amide bonds. The van der Waals surface area contributed by atoms with Crippen molar-refractivity contribution < 1.29 is 48.3 Å². The Labute approximate surface area is 247 Å². The van der Waals surface area contributed by atoms with E-state index >= 15 is 0 Å². The van der Waals surface area contributed by atoms with E-state index in [-0.39, 0.29) is 63.6 Å². The molecular formula is C28H33N5O10. The second-order valence-electron chi connectivity index (χ2n) is 9.22. The molecule has 1 aliphatic rings. The molecule has 0 bridgehead atoms. The number of carbonyl (C=O) groups excluding carboxylic acids is 2. The predicted molar refractivity (Wildman–Crippen MR) is 154 cm³/mol. The fraction of sp³-hybridized carbons (Fsp3) is 0.357. The van der Waals surface area contributed by atoms with Crippen LogP contribution in [0.25, 0.3) is 0 Å². The van der Waals surface area contributed by atoms with Crippen molar-refractivity contribution in [1.29, 1.82) is 0 Å². The second-order valence-corrected chi connectivity index (χ2v) is 9.22. The number of likely N-dealkylation sites (tertiary alicyclic amines) is 1. The number of nitrogens with zero attached hydrogens (tertiary/aromatic N) is 3. The topological polar surface area (TPSA) is 198 Å². The second kappa shape index (κ2) is 15.2. The molecule has 2 aromatic carbocycles.